The maximum Gasteiger partial charge on any atom is 0.240 e. The predicted octanol–water partition coefficient (Wildman–Crippen LogP) is 4.51. The van der Waals surface area contributed by atoms with Crippen LogP contribution in [0, 0.1) is 19.3 Å². The Morgan fingerprint density at radius 1 is 0.893 bits per heavy atom. The SMILES string of the molecule is CCN(CC)c1ccc(NC(=O)C2(C(=O)Nc3c(C)cccc3C)CC2)cc1. The van der Waals surface area contributed by atoms with Crippen molar-refractivity contribution in [3.8, 4) is 0 Å². The largest absolute Gasteiger partial charge is 0.372 e. The van der Waals surface area contributed by atoms with Gasteiger partial charge in [-0.1, -0.05) is 18.2 Å². The first kappa shape index (κ1) is 19.9. The van der Waals surface area contributed by atoms with Crippen molar-refractivity contribution >= 4 is 28.9 Å². The van der Waals surface area contributed by atoms with Gasteiger partial charge in [-0.3, -0.25) is 9.59 Å². The van der Waals surface area contributed by atoms with Crippen LogP contribution in [0.2, 0.25) is 0 Å². The summed E-state index contributed by atoms with van der Waals surface area (Å²) in [6.07, 6.45) is 1.15. The lowest BCUT2D eigenvalue weighted by Crippen LogP contribution is -2.36. The van der Waals surface area contributed by atoms with Gasteiger partial charge in [-0.2, -0.15) is 0 Å². The normalized spacial score (nSPS) is 14.3. The van der Waals surface area contributed by atoms with Crippen LogP contribution < -0.4 is 15.5 Å². The molecular formula is C23H29N3O2. The van der Waals surface area contributed by atoms with Gasteiger partial charge in [-0.05, 0) is 75.9 Å². The molecule has 1 fully saturated rings. The van der Waals surface area contributed by atoms with Gasteiger partial charge < -0.3 is 15.5 Å². The summed E-state index contributed by atoms with van der Waals surface area (Å²) in [6.45, 7) is 10.0. The molecule has 1 aliphatic carbocycles. The maximum atomic E-state index is 12.9. The number of para-hydroxylation sites is 1. The van der Waals surface area contributed by atoms with Gasteiger partial charge in [0, 0.05) is 30.2 Å². The van der Waals surface area contributed by atoms with Crippen LogP contribution in [-0.2, 0) is 9.59 Å². The Kier molecular flexibility index (Phi) is 5.73. The highest BCUT2D eigenvalue weighted by Gasteiger charge is 2.56. The van der Waals surface area contributed by atoms with E-state index in [1.54, 1.807) is 0 Å². The van der Waals surface area contributed by atoms with E-state index in [2.05, 4.69) is 29.4 Å². The van der Waals surface area contributed by atoms with Crippen molar-refractivity contribution in [2.75, 3.05) is 28.6 Å². The minimum atomic E-state index is -0.966. The van der Waals surface area contributed by atoms with E-state index in [9.17, 15) is 9.59 Å². The lowest BCUT2D eigenvalue weighted by atomic mass is 10.0. The lowest BCUT2D eigenvalue weighted by molar-refractivity contribution is -0.131. The zero-order valence-corrected chi connectivity index (χ0v) is 17.1. The molecule has 5 nitrogen and oxygen atoms in total. The lowest BCUT2D eigenvalue weighted by Gasteiger charge is -2.21. The smallest absolute Gasteiger partial charge is 0.240 e. The van der Waals surface area contributed by atoms with Gasteiger partial charge in [0.15, 0.2) is 0 Å². The number of carbonyl (C=O) groups excluding carboxylic acids is 2. The van der Waals surface area contributed by atoms with Crippen LogP contribution in [0.3, 0.4) is 0 Å². The molecule has 0 saturated heterocycles. The standard InChI is InChI=1S/C23H29N3O2/c1-5-26(6-2)19-12-10-18(11-13-19)24-21(27)23(14-15-23)22(28)25-20-16(3)8-7-9-17(20)4/h7-13H,5-6,14-15H2,1-4H3,(H,24,27)(H,25,28). The molecular weight excluding hydrogens is 350 g/mol. The fourth-order valence-electron chi connectivity index (χ4n) is 3.52. The van der Waals surface area contributed by atoms with Gasteiger partial charge in [0.05, 0.1) is 0 Å². The topological polar surface area (TPSA) is 61.4 Å². The van der Waals surface area contributed by atoms with Gasteiger partial charge >= 0.3 is 0 Å². The van der Waals surface area contributed by atoms with E-state index in [0.717, 1.165) is 35.6 Å². The Labute approximate surface area is 167 Å². The molecule has 0 spiro atoms. The van der Waals surface area contributed by atoms with Crippen molar-refractivity contribution in [2.24, 2.45) is 5.41 Å². The molecule has 2 amide bonds. The molecule has 3 rings (SSSR count). The number of aryl methyl sites for hydroxylation is 2. The highest BCUT2D eigenvalue weighted by molar-refractivity contribution is 6.17. The Morgan fingerprint density at radius 3 is 1.93 bits per heavy atom. The second-order valence-corrected chi connectivity index (χ2v) is 7.48. The van der Waals surface area contributed by atoms with Crippen LogP contribution in [0.4, 0.5) is 17.1 Å². The molecule has 2 aromatic rings. The second-order valence-electron chi connectivity index (χ2n) is 7.48. The number of benzene rings is 2. The summed E-state index contributed by atoms with van der Waals surface area (Å²) in [5.41, 5.74) is 3.67. The molecule has 2 N–H and O–H groups in total. The number of nitrogens with zero attached hydrogens (tertiary/aromatic N) is 1. The van der Waals surface area contributed by atoms with Crippen LogP contribution in [0.1, 0.15) is 37.8 Å². The molecule has 28 heavy (non-hydrogen) atoms. The Morgan fingerprint density at radius 2 is 1.43 bits per heavy atom. The Hall–Kier alpha value is -2.82. The molecule has 0 unspecified atom stereocenters. The first-order valence-corrected chi connectivity index (χ1v) is 9.95. The molecule has 0 bridgehead atoms. The first-order chi connectivity index (χ1) is 13.4. The third kappa shape index (κ3) is 3.88. The molecule has 0 atom stereocenters. The molecule has 0 aliphatic heterocycles. The van der Waals surface area contributed by atoms with Crippen LogP contribution in [0.25, 0.3) is 0 Å². The summed E-state index contributed by atoms with van der Waals surface area (Å²) in [5.74, 6) is -0.450. The van der Waals surface area contributed by atoms with Crippen molar-refractivity contribution in [1.82, 2.24) is 0 Å². The number of hydrogen-bond donors (Lipinski definition) is 2. The molecule has 1 aliphatic rings. The average molecular weight is 380 g/mol. The van der Waals surface area contributed by atoms with Crippen molar-refractivity contribution in [2.45, 2.75) is 40.5 Å². The van der Waals surface area contributed by atoms with Crippen molar-refractivity contribution < 1.29 is 9.59 Å². The van der Waals surface area contributed by atoms with Gasteiger partial charge in [0.1, 0.15) is 5.41 Å². The van der Waals surface area contributed by atoms with Gasteiger partial charge in [0.25, 0.3) is 0 Å². The third-order valence-electron chi connectivity index (χ3n) is 5.59. The van der Waals surface area contributed by atoms with Gasteiger partial charge in [-0.25, -0.2) is 0 Å². The van der Waals surface area contributed by atoms with E-state index in [1.165, 1.54) is 0 Å². The summed E-state index contributed by atoms with van der Waals surface area (Å²) in [7, 11) is 0. The fraction of sp³-hybridized carbons (Fsp3) is 0.391. The molecule has 5 heteroatoms. The highest BCUT2D eigenvalue weighted by atomic mass is 16.2. The molecule has 2 aromatic carbocycles. The van der Waals surface area contributed by atoms with Crippen molar-refractivity contribution in [3.05, 3.63) is 53.6 Å². The fourth-order valence-corrected chi connectivity index (χ4v) is 3.52. The monoisotopic (exact) mass is 379 g/mol. The number of rotatable bonds is 7. The minimum Gasteiger partial charge on any atom is -0.372 e. The number of carbonyl (C=O) groups is 2. The molecule has 1 saturated carbocycles. The second kappa shape index (κ2) is 8.05. The van der Waals surface area contributed by atoms with E-state index in [0.29, 0.717) is 18.5 Å². The Bertz CT molecular complexity index is 846. The summed E-state index contributed by atoms with van der Waals surface area (Å²) < 4.78 is 0. The predicted molar refractivity (Wildman–Crippen MR) is 115 cm³/mol. The van der Waals surface area contributed by atoms with E-state index in [4.69, 9.17) is 0 Å². The number of anilines is 3. The molecule has 0 aromatic heterocycles. The molecule has 0 radical (unpaired) electrons. The zero-order valence-electron chi connectivity index (χ0n) is 17.1. The van der Waals surface area contributed by atoms with E-state index >= 15 is 0 Å². The van der Waals surface area contributed by atoms with Gasteiger partial charge in [-0.15, -0.1) is 0 Å². The molecule has 0 heterocycles. The summed E-state index contributed by atoms with van der Waals surface area (Å²) >= 11 is 0. The van der Waals surface area contributed by atoms with Crippen LogP contribution in [-0.4, -0.2) is 24.9 Å². The average Bonchev–Trinajstić information content (AvgIpc) is 3.49. The van der Waals surface area contributed by atoms with E-state index < -0.39 is 5.41 Å². The highest BCUT2D eigenvalue weighted by Crippen LogP contribution is 2.47. The summed E-state index contributed by atoms with van der Waals surface area (Å²) in [6, 6.07) is 13.7. The van der Waals surface area contributed by atoms with E-state index in [-0.39, 0.29) is 11.8 Å². The van der Waals surface area contributed by atoms with Crippen LogP contribution in [0.5, 0.6) is 0 Å². The maximum absolute atomic E-state index is 12.9. The van der Waals surface area contributed by atoms with E-state index in [1.807, 2.05) is 56.3 Å². The Balaban J connectivity index is 1.69. The molecule has 148 valence electrons. The quantitative estimate of drug-likeness (QED) is 0.696. The zero-order chi connectivity index (χ0) is 20.3. The summed E-state index contributed by atoms with van der Waals surface area (Å²) in [5, 5.41) is 5.91. The van der Waals surface area contributed by atoms with Gasteiger partial charge in [0.2, 0.25) is 11.8 Å². The van der Waals surface area contributed by atoms with Crippen LogP contribution in [0.15, 0.2) is 42.5 Å². The first-order valence-electron chi connectivity index (χ1n) is 9.95. The minimum absolute atomic E-state index is 0.220. The third-order valence-corrected chi connectivity index (χ3v) is 5.59. The number of amides is 2. The number of hydrogen-bond acceptors (Lipinski definition) is 3. The number of nitrogens with one attached hydrogen (secondary N) is 2. The van der Waals surface area contributed by atoms with Crippen LogP contribution >= 0.6 is 0 Å². The van der Waals surface area contributed by atoms with Crippen molar-refractivity contribution in [3.63, 3.8) is 0 Å². The van der Waals surface area contributed by atoms with Crippen molar-refractivity contribution in [1.29, 1.82) is 0 Å². The summed E-state index contributed by atoms with van der Waals surface area (Å²) in [4.78, 5) is 28.0.